The van der Waals surface area contributed by atoms with Crippen LogP contribution in [0.4, 0.5) is 26.3 Å². The molecule has 1 atom stereocenters. The first-order chi connectivity index (χ1) is 50.7. The van der Waals surface area contributed by atoms with Crippen LogP contribution in [0.15, 0.2) is 316 Å². The molecular weight excluding hydrogens is 1320 g/mol. The van der Waals surface area contributed by atoms with E-state index in [4.69, 9.17) is 24.4 Å². The molecule has 104 heavy (non-hydrogen) atoms. The van der Waals surface area contributed by atoms with Crippen molar-refractivity contribution in [2.75, 3.05) is 0 Å². The molecule has 1 unspecified atom stereocenters. The van der Waals surface area contributed by atoms with E-state index in [1.165, 1.54) is 70.8 Å². The van der Waals surface area contributed by atoms with E-state index in [0.717, 1.165) is 94.9 Å². The van der Waals surface area contributed by atoms with E-state index in [0.29, 0.717) is 62.5 Å². The quantitative estimate of drug-likeness (QED) is 0.125. The third-order valence-electron chi connectivity index (χ3n) is 20.4. The Labute approximate surface area is 592 Å². The number of halogens is 6. The van der Waals surface area contributed by atoms with Crippen molar-refractivity contribution in [1.82, 2.24) is 19.9 Å². The van der Waals surface area contributed by atoms with Crippen molar-refractivity contribution < 1.29 is 45.3 Å². The Kier molecular flexibility index (Phi) is 14.1. The topological polar surface area (TPSA) is 88.5 Å². The Morgan fingerprint density at radius 1 is 0.250 bits per heavy atom. The first-order valence-corrected chi connectivity index (χ1v) is 33.7. The van der Waals surface area contributed by atoms with Gasteiger partial charge in [0.15, 0.2) is 17.5 Å². The van der Waals surface area contributed by atoms with Gasteiger partial charge in [0.1, 0.15) is 34.5 Å². The van der Waals surface area contributed by atoms with Crippen molar-refractivity contribution in [1.29, 1.82) is 0 Å². The van der Waals surface area contributed by atoms with E-state index in [2.05, 4.69) is 160 Å². The van der Waals surface area contributed by atoms with Crippen LogP contribution >= 0.6 is 0 Å². The summed E-state index contributed by atoms with van der Waals surface area (Å²) in [4.78, 5) is 20.5. The Morgan fingerprint density at radius 2 is 0.596 bits per heavy atom. The van der Waals surface area contributed by atoms with Gasteiger partial charge >= 0.3 is 12.7 Å². The fraction of sp³-hybridized carbons (Fsp3) is 0.0444. The number of alkyl halides is 6. The monoisotopic (exact) mass is 1370 g/mol. The number of rotatable bonds is 10. The summed E-state index contributed by atoms with van der Waals surface area (Å²) < 4.78 is 102. The molecule has 0 saturated heterocycles. The summed E-state index contributed by atoms with van der Waals surface area (Å²) in [6, 6.07) is 100. The minimum Gasteiger partial charge on any atom is -0.457 e. The number of pyridine rings is 1. The average molecular weight is 1370 g/mol. The highest BCUT2D eigenvalue weighted by atomic mass is 19.4. The number of hydrogen-bond acceptors (Lipinski definition) is 8. The van der Waals surface area contributed by atoms with Gasteiger partial charge in [0, 0.05) is 50.7 Å². The zero-order valence-electron chi connectivity index (χ0n) is 54.7. The summed E-state index contributed by atoms with van der Waals surface area (Å²) in [6.45, 7) is 0. The summed E-state index contributed by atoms with van der Waals surface area (Å²) in [5.74, 6) is 3.40. The molecule has 2 aliphatic heterocycles. The second kappa shape index (κ2) is 23.7. The van der Waals surface area contributed by atoms with Gasteiger partial charge in [-0.2, -0.15) is 0 Å². The minimum atomic E-state index is -4.89. The van der Waals surface area contributed by atoms with Crippen LogP contribution in [0.1, 0.15) is 44.5 Å². The summed E-state index contributed by atoms with van der Waals surface area (Å²) in [5, 5.41) is 0. The van der Waals surface area contributed by atoms with Gasteiger partial charge in [-0.15, -0.1) is 26.3 Å². The Bertz CT molecular complexity index is 5860. The lowest BCUT2D eigenvalue weighted by Crippen LogP contribution is -2.32. The highest BCUT2D eigenvalue weighted by Gasteiger charge is 2.53. The van der Waals surface area contributed by atoms with Gasteiger partial charge in [0.05, 0.1) is 16.5 Å². The number of hydrogen-bond donors (Lipinski definition) is 0. The van der Waals surface area contributed by atoms with Crippen LogP contribution in [-0.4, -0.2) is 32.7 Å². The molecule has 14 heteroatoms. The van der Waals surface area contributed by atoms with Gasteiger partial charge in [-0.3, -0.25) is 4.98 Å². The second-order valence-electron chi connectivity index (χ2n) is 26.1. The fourth-order valence-electron chi connectivity index (χ4n) is 16.0. The summed E-state index contributed by atoms with van der Waals surface area (Å²) >= 11 is 0. The predicted molar refractivity (Wildman–Crippen MR) is 389 cm³/mol. The first kappa shape index (κ1) is 61.9. The number of para-hydroxylation sites is 2. The van der Waals surface area contributed by atoms with Crippen LogP contribution < -0.4 is 18.9 Å². The first-order valence-electron chi connectivity index (χ1n) is 33.7. The molecule has 2 spiro atoms. The third kappa shape index (κ3) is 10.2. The molecule has 0 radical (unpaired) electrons. The van der Waals surface area contributed by atoms with Crippen molar-refractivity contribution in [3.8, 4) is 147 Å². The molecule has 13 aromatic carbocycles. The zero-order valence-corrected chi connectivity index (χ0v) is 54.7. The summed E-state index contributed by atoms with van der Waals surface area (Å²) in [6.07, 6.45) is -8.00. The van der Waals surface area contributed by atoms with E-state index in [9.17, 15) is 26.3 Å². The summed E-state index contributed by atoms with van der Waals surface area (Å²) in [7, 11) is 0. The highest BCUT2D eigenvalue weighted by Crippen LogP contribution is 2.65. The van der Waals surface area contributed by atoms with Gasteiger partial charge in [0.25, 0.3) is 0 Å². The van der Waals surface area contributed by atoms with Crippen LogP contribution in [0.5, 0.6) is 34.5 Å². The predicted octanol–water partition coefficient (Wildman–Crippen LogP) is 23.3. The Hall–Kier alpha value is -13.2. The molecule has 2 aromatic heterocycles. The minimum absolute atomic E-state index is 0.387. The Morgan fingerprint density at radius 3 is 1.11 bits per heavy atom. The van der Waals surface area contributed by atoms with E-state index in [-0.39, 0.29) is 11.5 Å². The van der Waals surface area contributed by atoms with Crippen LogP contribution in [0.25, 0.3) is 112 Å². The molecule has 19 rings (SSSR count). The zero-order chi connectivity index (χ0) is 70.1. The fourth-order valence-corrected chi connectivity index (χ4v) is 16.0. The maximum absolute atomic E-state index is 13.3. The van der Waals surface area contributed by atoms with Gasteiger partial charge in [-0.25, -0.2) is 15.0 Å². The molecule has 4 heterocycles. The molecule has 8 nitrogen and oxygen atoms in total. The van der Waals surface area contributed by atoms with Gasteiger partial charge in [0.2, 0.25) is 0 Å². The number of aromatic nitrogens is 4. The van der Waals surface area contributed by atoms with E-state index in [1.807, 2.05) is 115 Å². The maximum Gasteiger partial charge on any atom is 0.573 e. The number of benzene rings is 13. The molecule has 15 aromatic rings. The van der Waals surface area contributed by atoms with Gasteiger partial charge in [-0.05, 0) is 180 Å². The van der Waals surface area contributed by atoms with Crippen molar-refractivity contribution in [2.45, 2.75) is 23.6 Å². The molecule has 0 amide bonds. The molecule has 0 bridgehead atoms. The normalized spacial score (nSPS) is 14.5. The lowest BCUT2D eigenvalue weighted by molar-refractivity contribution is -0.275. The molecule has 0 saturated carbocycles. The second-order valence-corrected chi connectivity index (χ2v) is 26.1. The van der Waals surface area contributed by atoms with Crippen LogP contribution in [0.2, 0.25) is 0 Å². The molecular formula is C90H52F6N4O4. The lowest BCUT2D eigenvalue weighted by Gasteiger charge is -2.39. The van der Waals surface area contributed by atoms with Crippen LogP contribution in [0, 0.1) is 0 Å². The smallest absolute Gasteiger partial charge is 0.457 e. The average Bonchev–Trinajstić information content (AvgIpc) is 1.49. The van der Waals surface area contributed by atoms with Gasteiger partial charge < -0.3 is 18.9 Å². The molecule has 4 aliphatic rings. The van der Waals surface area contributed by atoms with Crippen molar-refractivity contribution in [3.63, 3.8) is 0 Å². The van der Waals surface area contributed by atoms with Crippen molar-refractivity contribution >= 4 is 0 Å². The summed E-state index contributed by atoms with van der Waals surface area (Å²) in [5.41, 5.74) is 21.3. The number of nitrogens with zero attached hydrogens (tertiary/aromatic N) is 4. The largest absolute Gasteiger partial charge is 0.573 e. The van der Waals surface area contributed by atoms with Crippen molar-refractivity contribution in [2.24, 2.45) is 0 Å². The molecule has 498 valence electrons. The number of ether oxygens (including phenoxy) is 4. The van der Waals surface area contributed by atoms with Crippen LogP contribution in [0.3, 0.4) is 0 Å². The van der Waals surface area contributed by atoms with Gasteiger partial charge in [-0.1, -0.05) is 218 Å². The van der Waals surface area contributed by atoms with E-state index in [1.54, 1.807) is 6.20 Å². The standard InChI is InChI=1S/C90H52F6N4O4/c91-89(92,93)103-65-38-31-53(32-39-65)62-47-63(54-33-40-66(41-34-54)104-90(94,95)96)49-64(48-62)59-36-43-77-82(51-59)101-81-26-10-8-23-76(81)88(77)73-21-6-3-18-69(73)70-50-58(35-42-74(70)88)57-14-13-15-60(46-57)85-98-84(56-29-27-55(28-30-56)79-24-11-12-45-97-79)99-86(100-85)61-37-44-78-83(52-61)102-80-25-9-7-22-75(80)87(78)71-19-4-1-16-67(71)68-17-2-5-20-72(68)87/h1-52H. The van der Waals surface area contributed by atoms with Crippen molar-refractivity contribution in [3.05, 3.63) is 360 Å². The molecule has 2 aliphatic carbocycles. The Balaban J connectivity index is 0.716. The SMILES string of the molecule is FC(F)(F)Oc1ccc(-c2cc(-c3ccc(OC(F)(F)F)cc3)cc(-c3ccc4c(c3)Oc3ccccc3C43c4ccccc4-c4cc(-c5cccc(-c6nc(-c7ccc(-c8ccccn8)cc7)nc(-c7ccc8c(c7)Oc7ccccc7C87c8ccccc8-c8ccccc87)n6)c5)ccc43)c2)cc1. The maximum atomic E-state index is 13.3. The molecule has 0 N–H and O–H groups in total. The number of fused-ring (bicyclic) bond motifs is 18. The third-order valence-corrected chi connectivity index (χ3v) is 20.4. The molecule has 0 fully saturated rings. The lowest BCUT2D eigenvalue weighted by atomic mass is 9.66. The highest BCUT2D eigenvalue weighted by molar-refractivity contribution is 5.93. The van der Waals surface area contributed by atoms with E-state index >= 15 is 0 Å². The van der Waals surface area contributed by atoms with Crippen LogP contribution in [-0.2, 0) is 10.8 Å². The van der Waals surface area contributed by atoms with E-state index < -0.39 is 23.6 Å².